The quantitative estimate of drug-likeness (QED) is 0.691. The van der Waals surface area contributed by atoms with E-state index in [2.05, 4.69) is 14.5 Å². The second-order valence-corrected chi connectivity index (χ2v) is 4.10. The molecule has 7 nitrogen and oxygen atoms in total. The van der Waals surface area contributed by atoms with Gasteiger partial charge in [-0.15, -0.1) is 0 Å². The van der Waals surface area contributed by atoms with Gasteiger partial charge in [-0.25, -0.2) is 9.10 Å². The molecule has 8 heteroatoms. The van der Waals surface area contributed by atoms with Crippen molar-refractivity contribution in [2.45, 2.75) is 13.3 Å². The molecule has 0 aliphatic carbocycles. The first-order valence-corrected chi connectivity index (χ1v) is 5.38. The van der Waals surface area contributed by atoms with E-state index in [0.29, 0.717) is 10.7 Å². The van der Waals surface area contributed by atoms with Crippen LogP contribution < -0.4 is 5.32 Å². The molecule has 1 N–H and O–H groups in total. The average Bonchev–Trinajstić information content (AvgIpc) is 2.10. The van der Waals surface area contributed by atoms with Gasteiger partial charge in [-0.2, -0.15) is 8.42 Å². The Balaban J connectivity index is 3.02. The minimum atomic E-state index is -3.91. The van der Waals surface area contributed by atoms with Crippen LogP contribution in [0.25, 0.3) is 0 Å². The zero-order valence-electron chi connectivity index (χ0n) is 7.85. The Hall–Kier alpha value is -1.31. The van der Waals surface area contributed by atoms with Crippen LogP contribution in [0.1, 0.15) is 13.3 Å². The van der Waals surface area contributed by atoms with Crippen LogP contribution >= 0.6 is 0 Å². The number of hydrogen-bond donors (Lipinski definition) is 1. The minimum absolute atomic E-state index is 0.106. The summed E-state index contributed by atoms with van der Waals surface area (Å²) >= 11 is 0. The lowest BCUT2D eigenvalue weighted by atomic mass is 10.5. The van der Waals surface area contributed by atoms with Crippen molar-refractivity contribution in [1.82, 2.24) is 9.62 Å². The molecule has 0 unspecified atom stereocenters. The third-order valence-corrected chi connectivity index (χ3v) is 2.84. The van der Waals surface area contributed by atoms with Crippen molar-refractivity contribution in [3.63, 3.8) is 0 Å². The number of hydrogen-bond acceptors (Lipinski definition) is 4. The average molecular weight is 221 g/mol. The van der Waals surface area contributed by atoms with Crippen LogP contribution in [-0.4, -0.2) is 38.4 Å². The monoisotopic (exact) mass is 221 g/mol. The zero-order chi connectivity index (χ0) is 10.8. The molecule has 1 rings (SSSR count). The molecule has 0 radical (unpaired) electrons. The summed E-state index contributed by atoms with van der Waals surface area (Å²) in [6.45, 7) is 1.87. The highest BCUT2D eigenvalue weighted by Gasteiger charge is 2.32. The Morgan fingerprint density at radius 1 is 1.57 bits per heavy atom. The van der Waals surface area contributed by atoms with E-state index in [1.807, 2.05) is 0 Å². The third-order valence-electron chi connectivity index (χ3n) is 1.54. The van der Waals surface area contributed by atoms with Crippen LogP contribution in [0.4, 0.5) is 4.79 Å². The third kappa shape index (κ3) is 1.95. The van der Waals surface area contributed by atoms with E-state index in [1.165, 1.54) is 7.11 Å². The van der Waals surface area contributed by atoms with Gasteiger partial charge in [-0.1, -0.05) is 11.3 Å². The van der Waals surface area contributed by atoms with Gasteiger partial charge in [-0.05, 0) is 6.42 Å². The molecule has 14 heavy (non-hydrogen) atoms. The minimum Gasteiger partial charge on any atom is -0.468 e. The summed E-state index contributed by atoms with van der Waals surface area (Å²) in [6, 6.07) is -1.04. The SMILES string of the molecule is CCCN1C(=O)NC(OC)=NS1(=O)=O. The second-order valence-electron chi connectivity index (χ2n) is 2.58. The second kappa shape index (κ2) is 3.82. The van der Waals surface area contributed by atoms with Gasteiger partial charge in [-0.3, -0.25) is 5.32 Å². The topological polar surface area (TPSA) is 88.1 Å². The molecule has 0 aromatic heterocycles. The first-order chi connectivity index (χ1) is 6.51. The number of methoxy groups -OCH3 is 1. The van der Waals surface area contributed by atoms with Crippen LogP contribution in [0.5, 0.6) is 0 Å². The van der Waals surface area contributed by atoms with Gasteiger partial charge in [0.1, 0.15) is 0 Å². The molecule has 1 heterocycles. The Labute approximate surface area is 81.9 Å². The van der Waals surface area contributed by atoms with E-state index in [9.17, 15) is 13.2 Å². The van der Waals surface area contributed by atoms with Gasteiger partial charge in [0.25, 0.3) is 0 Å². The highest BCUT2D eigenvalue weighted by Crippen LogP contribution is 2.09. The standard InChI is InChI=1S/C6H11N3O4S/c1-3-4-9-6(10)7-5(13-2)8-14(9,11)12/h3-4H2,1-2H3,(H,7,8,10). The molecule has 0 aromatic carbocycles. The van der Waals surface area contributed by atoms with E-state index < -0.39 is 16.2 Å². The number of nitrogens with one attached hydrogen (secondary N) is 1. The molecule has 1 aliphatic heterocycles. The predicted octanol–water partition coefficient (Wildman–Crippen LogP) is -0.331. The molecule has 0 spiro atoms. The van der Waals surface area contributed by atoms with E-state index in [1.54, 1.807) is 6.92 Å². The summed E-state index contributed by atoms with van der Waals surface area (Å²) < 4.78 is 31.1. The molecular weight excluding hydrogens is 210 g/mol. The van der Waals surface area contributed by atoms with Gasteiger partial charge < -0.3 is 4.74 Å². The fraction of sp³-hybridized carbons (Fsp3) is 0.667. The molecule has 2 amide bonds. The van der Waals surface area contributed by atoms with E-state index >= 15 is 0 Å². The van der Waals surface area contributed by atoms with Crippen molar-refractivity contribution in [3.05, 3.63) is 0 Å². The number of carbonyl (C=O) groups excluding carboxylic acids is 1. The summed E-state index contributed by atoms with van der Waals surface area (Å²) in [5, 5.41) is 2.19. The molecule has 0 atom stereocenters. The van der Waals surface area contributed by atoms with Gasteiger partial charge >= 0.3 is 22.3 Å². The van der Waals surface area contributed by atoms with E-state index in [0.717, 1.165) is 0 Å². The van der Waals surface area contributed by atoms with Crippen molar-refractivity contribution in [1.29, 1.82) is 0 Å². The predicted molar refractivity (Wildman–Crippen MR) is 48.9 cm³/mol. The molecule has 80 valence electrons. The molecule has 1 aliphatic rings. The van der Waals surface area contributed by atoms with Gasteiger partial charge in [0, 0.05) is 6.54 Å². The summed E-state index contributed by atoms with van der Waals surface area (Å²) in [5.41, 5.74) is 0. The molecule has 0 saturated carbocycles. The molecule has 0 fully saturated rings. The Kier molecular flexibility index (Phi) is 2.94. The van der Waals surface area contributed by atoms with Gasteiger partial charge in [0.2, 0.25) is 0 Å². The fourth-order valence-corrected chi connectivity index (χ4v) is 2.04. The summed E-state index contributed by atoms with van der Waals surface area (Å²) in [6.07, 6.45) is 0.532. The Morgan fingerprint density at radius 2 is 2.21 bits per heavy atom. The van der Waals surface area contributed by atoms with Crippen molar-refractivity contribution in [3.8, 4) is 0 Å². The number of urea groups is 1. The lowest BCUT2D eigenvalue weighted by molar-refractivity contribution is 0.223. The summed E-state index contributed by atoms with van der Waals surface area (Å²) in [5.74, 6) is 0. The van der Waals surface area contributed by atoms with Crippen LogP contribution in [-0.2, 0) is 14.9 Å². The molecule has 0 aromatic rings. The lowest BCUT2D eigenvalue weighted by Gasteiger charge is -2.23. The lowest BCUT2D eigenvalue weighted by Crippen LogP contribution is -2.50. The maximum atomic E-state index is 11.3. The number of rotatable bonds is 2. The highest BCUT2D eigenvalue weighted by molar-refractivity contribution is 7.88. The maximum absolute atomic E-state index is 11.3. The maximum Gasteiger partial charge on any atom is 0.352 e. The van der Waals surface area contributed by atoms with Crippen molar-refractivity contribution >= 4 is 22.3 Å². The first-order valence-electron chi connectivity index (χ1n) is 3.99. The number of amides is 2. The normalized spacial score (nSPS) is 20.0. The van der Waals surface area contributed by atoms with Gasteiger partial charge in [0.05, 0.1) is 7.11 Å². The molecule has 0 saturated heterocycles. The largest absolute Gasteiger partial charge is 0.468 e. The van der Waals surface area contributed by atoms with E-state index in [4.69, 9.17) is 0 Å². The Morgan fingerprint density at radius 3 is 2.64 bits per heavy atom. The van der Waals surface area contributed by atoms with Crippen LogP contribution in [0.2, 0.25) is 0 Å². The van der Waals surface area contributed by atoms with Crippen LogP contribution in [0.15, 0.2) is 4.40 Å². The fourth-order valence-electron chi connectivity index (χ4n) is 0.944. The summed E-state index contributed by atoms with van der Waals surface area (Å²) in [4.78, 5) is 11.2. The smallest absolute Gasteiger partial charge is 0.352 e. The molecule has 0 bridgehead atoms. The summed E-state index contributed by atoms with van der Waals surface area (Å²) in [7, 11) is -2.69. The highest BCUT2D eigenvalue weighted by atomic mass is 32.2. The van der Waals surface area contributed by atoms with Crippen molar-refractivity contribution < 1.29 is 17.9 Å². The number of amidine groups is 1. The van der Waals surface area contributed by atoms with E-state index in [-0.39, 0.29) is 12.6 Å². The number of carbonyl (C=O) groups is 1. The number of ether oxygens (including phenoxy) is 1. The molecular formula is C6H11N3O4S. The van der Waals surface area contributed by atoms with Gasteiger partial charge in [0.15, 0.2) is 0 Å². The zero-order valence-corrected chi connectivity index (χ0v) is 8.67. The van der Waals surface area contributed by atoms with Crippen molar-refractivity contribution in [2.75, 3.05) is 13.7 Å². The first kappa shape index (κ1) is 10.8. The Bertz CT molecular complexity index is 361. The van der Waals surface area contributed by atoms with Crippen LogP contribution in [0, 0.1) is 0 Å². The van der Waals surface area contributed by atoms with Crippen LogP contribution in [0.3, 0.4) is 0 Å². The van der Waals surface area contributed by atoms with Crippen molar-refractivity contribution in [2.24, 2.45) is 4.40 Å². The number of nitrogens with zero attached hydrogens (tertiary/aromatic N) is 2.